The van der Waals surface area contributed by atoms with E-state index in [-0.39, 0.29) is 5.91 Å². The molecule has 1 aromatic rings. The molecule has 0 saturated carbocycles. The number of rotatable bonds is 4. The van der Waals surface area contributed by atoms with Crippen LogP contribution in [0.1, 0.15) is 30.1 Å². The van der Waals surface area contributed by atoms with Crippen molar-refractivity contribution in [3.63, 3.8) is 0 Å². The Hall–Kier alpha value is -1.36. The Kier molecular flexibility index (Phi) is 4.36. The first-order valence-corrected chi connectivity index (χ1v) is 6.71. The topological polar surface area (TPSA) is 50.2 Å². The number of nitrogens with one attached hydrogen (secondary N) is 1. The van der Waals surface area contributed by atoms with Crippen LogP contribution in [0.2, 0.25) is 0 Å². The van der Waals surface area contributed by atoms with Gasteiger partial charge in [-0.2, -0.15) is 5.10 Å². The highest BCUT2D eigenvalue weighted by atomic mass is 16.2. The fraction of sp³-hybridized carbons (Fsp3) is 0.692. The number of likely N-dealkylation sites (tertiary alicyclic amines) is 1. The molecule has 1 fully saturated rings. The van der Waals surface area contributed by atoms with E-state index in [4.69, 9.17) is 0 Å². The Morgan fingerprint density at radius 1 is 1.61 bits per heavy atom. The number of amides is 1. The normalized spacial score (nSPS) is 20.1. The average Bonchev–Trinajstić information content (AvgIpc) is 2.87. The van der Waals surface area contributed by atoms with Crippen LogP contribution in [0.25, 0.3) is 0 Å². The first-order chi connectivity index (χ1) is 8.74. The molecule has 5 heteroatoms. The van der Waals surface area contributed by atoms with Gasteiger partial charge in [0.2, 0.25) is 0 Å². The molecule has 1 aliphatic rings. The number of hydrogen-bond donors (Lipinski definition) is 1. The summed E-state index contributed by atoms with van der Waals surface area (Å²) in [6.07, 6.45) is 5.82. The zero-order valence-corrected chi connectivity index (χ0v) is 11.2. The summed E-state index contributed by atoms with van der Waals surface area (Å²) in [5.41, 5.74) is 0.710. The molecule has 0 radical (unpaired) electrons. The van der Waals surface area contributed by atoms with Crippen molar-refractivity contribution in [1.82, 2.24) is 20.0 Å². The first kappa shape index (κ1) is 13.1. The van der Waals surface area contributed by atoms with Crippen molar-refractivity contribution in [2.24, 2.45) is 5.92 Å². The molecule has 18 heavy (non-hydrogen) atoms. The van der Waals surface area contributed by atoms with Crippen LogP contribution in [0.3, 0.4) is 0 Å². The third-order valence-electron chi connectivity index (χ3n) is 3.50. The monoisotopic (exact) mass is 250 g/mol. The van der Waals surface area contributed by atoms with Gasteiger partial charge in [-0.05, 0) is 39.3 Å². The van der Waals surface area contributed by atoms with E-state index in [0.717, 1.165) is 32.6 Å². The summed E-state index contributed by atoms with van der Waals surface area (Å²) in [7, 11) is 1.96. The second kappa shape index (κ2) is 6.00. The van der Waals surface area contributed by atoms with E-state index in [2.05, 4.69) is 10.4 Å². The Labute approximate surface area is 108 Å². The van der Waals surface area contributed by atoms with Gasteiger partial charge in [0.05, 0.1) is 11.8 Å². The van der Waals surface area contributed by atoms with Crippen molar-refractivity contribution < 1.29 is 4.79 Å². The molecule has 0 spiro atoms. The Morgan fingerprint density at radius 3 is 3.11 bits per heavy atom. The van der Waals surface area contributed by atoms with Gasteiger partial charge in [-0.15, -0.1) is 0 Å². The minimum Gasteiger partial charge on any atom is -0.338 e. The third-order valence-corrected chi connectivity index (χ3v) is 3.50. The third kappa shape index (κ3) is 2.90. The molecule has 1 unspecified atom stereocenters. The van der Waals surface area contributed by atoms with Crippen molar-refractivity contribution in [3.8, 4) is 0 Å². The molecular formula is C13H22N4O. The molecule has 1 amide bonds. The van der Waals surface area contributed by atoms with Crippen molar-refractivity contribution in [2.45, 2.75) is 26.3 Å². The Morgan fingerprint density at radius 2 is 2.44 bits per heavy atom. The maximum atomic E-state index is 12.3. The summed E-state index contributed by atoms with van der Waals surface area (Å²) in [5, 5.41) is 7.36. The summed E-state index contributed by atoms with van der Waals surface area (Å²) in [5.74, 6) is 0.699. The largest absolute Gasteiger partial charge is 0.338 e. The van der Waals surface area contributed by atoms with E-state index >= 15 is 0 Å². The van der Waals surface area contributed by atoms with Gasteiger partial charge in [0.15, 0.2) is 0 Å². The number of hydrogen-bond acceptors (Lipinski definition) is 3. The maximum absolute atomic E-state index is 12.3. The molecule has 5 nitrogen and oxygen atoms in total. The number of carbonyl (C=O) groups is 1. The molecule has 0 aliphatic carbocycles. The van der Waals surface area contributed by atoms with Crippen molar-refractivity contribution in [3.05, 3.63) is 18.0 Å². The van der Waals surface area contributed by atoms with Gasteiger partial charge in [0.1, 0.15) is 0 Å². The smallest absolute Gasteiger partial charge is 0.257 e. The van der Waals surface area contributed by atoms with Gasteiger partial charge in [-0.25, -0.2) is 0 Å². The lowest BCUT2D eigenvalue weighted by molar-refractivity contribution is 0.0674. The van der Waals surface area contributed by atoms with Gasteiger partial charge in [0, 0.05) is 25.8 Å². The lowest BCUT2D eigenvalue weighted by Gasteiger charge is -2.32. The van der Waals surface area contributed by atoms with Crippen molar-refractivity contribution in [1.29, 1.82) is 0 Å². The van der Waals surface area contributed by atoms with E-state index in [1.54, 1.807) is 10.9 Å². The lowest BCUT2D eigenvalue weighted by atomic mass is 9.97. The average molecular weight is 250 g/mol. The van der Waals surface area contributed by atoms with Crippen LogP contribution in [0.15, 0.2) is 12.4 Å². The highest BCUT2D eigenvalue weighted by Crippen LogP contribution is 2.17. The van der Waals surface area contributed by atoms with Crippen LogP contribution >= 0.6 is 0 Å². The van der Waals surface area contributed by atoms with Gasteiger partial charge in [0.25, 0.3) is 5.91 Å². The molecule has 1 aliphatic heterocycles. The summed E-state index contributed by atoms with van der Waals surface area (Å²) in [6, 6.07) is 0. The zero-order chi connectivity index (χ0) is 13.0. The number of aryl methyl sites for hydroxylation is 1. The Bertz CT molecular complexity index is 399. The van der Waals surface area contributed by atoms with Crippen LogP contribution in [-0.2, 0) is 6.54 Å². The van der Waals surface area contributed by atoms with E-state index in [1.807, 2.05) is 25.1 Å². The Balaban J connectivity index is 1.99. The molecule has 1 saturated heterocycles. The molecule has 100 valence electrons. The zero-order valence-electron chi connectivity index (χ0n) is 11.2. The van der Waals surface area contributed by atoms with Gasteiger partial charge in [-0.1, -0.05) is 0 Å². The molecule has 2 heterocycles. The van der Waals surface area contributed by atoms with Gasteiger partial charge in [-0.3, -0.25) is 9.48 Å². The van der Waals surface area contributed by atoms with E-state index in [0.29, 0.717) is 11.5 Å². The summed E-state index contributed by atoms with van der Waals surface area (Å²) < 4.78 is 1.79. The van der Waals surface area contributed by atoms with E-state index in [1.165, 1.54) is 6.42 Å². The highest BCUT2D eigenvalue weighted by Gasteiger charge is 2.24. The van der Waals surface area contributed by atoms with Crippen molar-refractivity contribution in [2.75, 3.05) is 26.7 Å². The fourth-order valence-corrected chi connectivity index (χ4v) is 2.53. The first-order valence-electron chi connectivity index (χ1n) is 6.71. The minimum atomic E-state index is 0.121. The number of aromatic nitrogens is 2. The molecule has 1 atom stereocenters. The van der Waals surface area contributed by atoms with Crippen molar-refractivity contribution >= 4 is 5.91 Å². The predicted molar refractivity (Wildman–Crippen MR) is 70.5 cm³/mol. The molecule has 1 aromatic heterocycles. The van der Waals surface area contributed by atoms with Crippen LogP contribution in [0.4, 0.5) is 0 Å². The van der Waals surface area contributed by atoms with Crippen LogP contribution < -0.4 is 5.32 Å². The molecule has 2 rings (SSSR count). The quantitative estimate of drug-likeness (QED) is 0.866. The fourth-order valence-electron chi connectivity index (χ4n) is 2.53. The minimum absolute atomic E-state index is 0.121. The van der Waals surface area contributed by atoms with Gasteiger partial charge < -0.3 is 10.2 Å². The SMILES string of the molecule is CCn1cc(C(=O)N2CCCC(CNC)C2)cn1. The number of piperidine rings is 1. The molecule has 0 aromatic carbocycles. The molecule has 0 bridgehead atoms. The lowest BCUT2D eigenvalue weighted by Crippen LogP contribution is -2.42. The van der Waals surface area contributed by atoms with Gasteiger partial charge >= 0.3 is 0 Å². The summed E-state index contributed by atoms with van der Waals surface area (Å²) in [6.45, 7) is 5.53. The van der Waals surface area contributed by atoms with E-state index in [9.17, 15) is 4.79 Å². The molecule has 1 N–H and O–H groups in total. The maximum Gasteiger partial charge on any atom is 0.257 e. The van der Waals surface area contributed by atoms with Crippen LogP contribution in [-0.4, -0.2) is 47.3 Å². The summed E-state index contributed by atoms with van der Waals surface area (Å²) in [4.78, 5) is 14.3. The second-order valence-corrected chi connectivity index (χ2v) is 4.90. The van der Waals surface area contributed by atoms with Crippen LogP contribution in [0, 0.1) is 5.92 Å². The van der Waals surface area contributed by atoms with E-state index < -0.39 is 0 Å². The highest BCUT2D eigenvalue weighted by molar-refractivity contribution is 5.93. The molecular weight excluding hydrogens is 228 g/mol. The van der Waals surface area contributed by atoms with Crippen LogP contribution in [0.5, 0.6) is 0 Å². The summed E-state index contributed by atoms with van der Waals surface area (Å²) >= 11 is 0. The second-order valence-electron chi connectivity index (χ2n) is 4.90. The number of carbonyl (C=O) groups excluding carboxylic acids is 1. The number of nitrogens with zero attached hydrogens (tertiary/aromatic N) is 3. The standard InChI is InChI=1S/C13H22N4O/c1-3-17-10-12(8-15-17)13(18)16-6-4-5-11(9-16)7-14-2/h8,10-11,14H,3-7,9H2,1-2H3. The predicted octanol–water partition coefficient (Wildman–Crippen LogP) is 0.975.